The van der Waals surface area contributed by atoms with Crippen molar-refractivity contribution in [1.29, 1.82) is 5.26 Å². The first-order valence-corrected chi connectivity index (χ1v) is 5.46. The molecule has 1 fully saturated rings. The fraction of sp³-hybridized carbons (Fsp3) is 0.818. The predicted molar refractivity (Wildman–Crippen MR) is 58.1 cm³/mol. The molecule has 1 amide bonds. The van der Waals surface area contributed by atoms with Crippen LogP contribution in [-0.4, -0.2) is 48.9 Å². The maximum atomic E-state index is 11.6. The minimum absolute atomic E-state index is 0.0807. The molecule has 15 heavy (non-hydrogen) atoms. The lowest BCUT2D eigenvalue weighted by Crippen LogP contribution is -2.41. The number of amides is 1. The van der Waals surface area contributed by atoms with Crippen LogP contribution in [0.25, 0.3) is 0 Å². The lowest BCUT2D eigenvalue weighted by Gasteiger charge is -2.26. The van der Waals surface area contributed by atoms with Gasteiger partial charge in [0, 0.05) is 20.1 Å². The van der Waals surface area contributed by atoms with Gasteiger partial charge in [0.25, 0.3) is 0 Å². The summed E-state index contributed by atoms with van der Waals surface area (Å²) < 4.78 is 0. The second kappa shape index (κ2) is 5.72. The van der Waals surface area contributed by atoms with E-state index in [2.05, 4.69) is 6.07 Å². The first-order chi connectivity index (χ1) is 7.15. The van der Waals surface area contributed by atoms with Gasteiger partial charge in [-0.05, 0) is 12.8 Å². The highest BCUT2D eigenvalue weighted by molar-refractivity contribution is 5.77. The zero-order valence-corrected chi connectivity index (χ0v) is 9.57. The molecule has 0 N–H and O–H groups in total. The summed E-state index contributed by atoms with van der Waals surface area (Å²) in [4.78, 5) is 15.2. The first kappa shape index (κ1) is 12.0. The Morgan fingerprint density at radius 1 is 1.40 bits per heavy atom. The molecule has 0 aromatic heterocycles. The molecule has 4 nitrogen and oxygen atoms in total. The van der Waals surface area contributed by atoms with Gasteiger partial charge in [-0.25, -0.2) is 0 Å². The van der Waals surface area contributed by atoms with Crippen molar-refractivity contribution in [2.45, 2.75) is 31.7 Å². The summed E-state index contributed by atoms with van der Waals surface area (Å²) in [6, 6.07) is 2.58. The molecule has 0 bridgehead atoms. The Morgan fingerprint density at radius 2 is 2.00 bits per heavy atom. The molecule has 1 aliphatic rings. The molecule has 0 radical (unpaired) electrons. The average Bonchev–Trinajstić information content (AvgIpc) is 2.69. The Labute approximate surface area is 91.5 Å². The number of nitriles is 1. The number of likely N-dealkylation sites (N-methyl/N-ethyl adjacent to an activating group) is 1. The zero-order valence-electron chi connectivity index (χ0n) is 9.57. The maximum Gasteiger partial charge on any atom is 0.236 e. The molecule has 4 heteroatoms. The molecule has 84 valence electrons. The molecule has 0 heterocycles. The van der Waals surface area contributed by atoms with Gasteiger partial charge in [0.2, 0.25) is 5.91 Å². The van der Waals surface area contributed by atoms with E-state index in [4.69, 9.17) is 5.26 Å². The summed E-state index contributed by atoms with van der Waals surface area (Å²) in [6.45, 7) is 0.746. The van der Waals surface area contributed by atoms with Crippen LogP contribution in [-0.2, 0) is 4.79 Å². The average molecular weight is 209 g/mol. The van der Waals surface area contributed by atoms with Crippen LogP contribution >= 0.6 is 0 Å². The summed E-state index contributed by atoms with van der Waals surface area (Å²) in [5.74, 6) is 0.0807. The monoisotopic (exact) mass is 209 g/mol. The molecule has 0 spiro atoms. The van der Waals surface area contributed by atoms with Crippen molar-refractivity contribution in [3.8, 4) is 6.07 Å². The maximum absolute atomic E-state index is 11.6. The van der Waals surface area contributed by atoms with Crippen LogP contribution in [0.1, 0.15) is 25.7 Å². The molecule has 0 aromatic rings. The Kier molecular flexibility index (Phi) is 4.57. The van der Waals surface area contributed by atoms with E-state index >= 15 is 0 Å². The van der Waals surface area contributed by atoms with Gasteiger partial charge in [-0.3, -0.25) is 9.69 Å². The van der Waals surface area contributed by atoms with Crippen molar-refractivity contribution in [3.63, 3.8) is 0 Å². The van der Waals surface area contributed by atoms with E-state index in [1.807, 2.05) is 4.90 Å². The largest absolute Gasteiger partial charge is 0.348 e. The van der Waals surface area contributed by atoms with Crippen molar-refractivity contribution in [2.75, 3.05) is 27.2 Å². The summed E-state index contributed by atoms with van der Waals surface area (Å²) in [5.41, 5.74) is 0. The summed E-state index contributed by atoms with van der Waals surface area (Å²) >= 11 is 0. The number of carbonyl (C=O) groups is 1. The van der Waals surface area contributed by atoms with Crippen molar-refractivity contribution in [1.82, 2.24) is 9.80 Å². The van der Waals surface area contributed by atoms with Gasteiger partial charge in [-0.2, -0.15) is 5.26 Å². The van der Waals surface area contributed by atoms with Gasteiger partial charge in [0.05, 0.1) is 19.2 Å². The highest BCUT2D eigenvalue weighted by Crippen LogP contribution is 2.22. The van der Waals surface area contributed by atoms with Gasteiger partial charge in [-0.1, -0.05) is 12.8 Å². The van der Waals surface area contributed by atoms with E-state index in [1.54, 1.807) is 19.0 Å². The molecule has 0 saturated heterocycles. The van der Waals surface area contributed by atoms with Gasteiger partial charge in [-0.15, -0.1) is 0 Å². The van der Waals surface area contributed by atoms with Crippen molar-refractivity contribution < 1.29 is 4.79 Å². The SMILES string of the molecule is CN(C)C(=O)CN(CC#N)C1CCCC1. The van der Waals surface area contributed by atoms with Crippen LogP contribution in [0.3, 0.4) is 0 Å². The molecule has 1 rings (SSSR count). The number of rotatable bonds is 4. The minimum Gasteiger partial charge on any atom is -0.348 e. The van der Waals surface area contributed by atoms with Gasteiger partial charge in [0.15, 0.2) is 0 Å². The number of nitrogens with zero attached hydrogens (tertiary/aromatic N) is 3. The van der Waals surface area contributed by atoms with E-state index in [9.17, 15) is 4.79 Å². The summed E-state index contributed by atoms with van der Waals surface area (Å²) in [7, 11) is 3.50. The van der Waals surface area contributed by atoms with Crippen LogP contribution in [0.2, 0.25) is 0 Å². The van der Waals surface area contributed by atoms with Gasteiger partial charge < -0.3 is 4.90 Å². The van der Waals surface area contributed by atoms with Crippen LogP contribution < -0.4 is 0 Å². The molecule has 0 aliphatic heterocycles. The zero-order chi connectivity index (χ0) is 11.3. The lowest BCUT2D eigenvalue weighted by atomic mass is 10.2. The number of hydrogen-bond acceptors (Lipinski definition) is 3. The Bertz CT molecular complexity index is 251. The first-order valence-electron chi connectivity index (χ1n) is 5.46. The van der Waals surface area contributed by atoms with Crippen molar-refractivity contribution in [2.24, 2.45) is 0 Å². The van der Waals surface area contributed by atoms with E-state index in [-0.39, 0.29) is 5.91 Å². The van der Waals surface area contributed by atoms with Crippen LogP contribution in [0.5, 0.6) is 0 Å². The molecule has 0 atom stereocenters. The molecule has 1 aliphatic carbocycles. The predicted octanol–water partition coefficient (Wildman–Crippen LogP) is 0.843. The smallest absolute Gasteiger partial charge is 0.236 e. The van der Waals surface area contributed by atoms with Crippen LogP contribution in [0.4, 0.5) is 0 Å². The highest BCUT2D eigenvalue weighted by atomic mass is 16.2. The molecule has 1 saturated carbocycles. The lowest BCUT2D eigenvalue weighted by molar-refractivity contribution is -0.130. The van der Waals surface area contributed by atoms with E-state index in [0.29, 0.717) is 19.1 Å². The van der Waals surface area contributed by atoms with Crippen LogP contribution in [0.15, 0.2) is 0 Å². The molecular formula is C11H19N3O. The van der Waals surface area contributed by atoms with Crippen LogP contribution in [0, 0.1) is 11.3 Å². The Morgan fingerprint density at radius 3 is 2.47 bits per heavy atom. The van der Waals surface area contributed by atoms with Gasteiger partial charge in [0.1, 0.15) is 0 Å². The van der Waals surface area contributed by atoms with Crippen molar-refractivity contribution >= 4 is 5.91 Å². The molecule has 0 unspecified atom stereocenters. The second-order valence-electron chi connectivity index (χ2n) is 4.29. The summed E-state index contributed by atoms with van der Waals surface area (Å²) in [6.07, 6.45) is 4.70. The van der Waals surface area contributed by atoms with E-state index < -0.39 is 0 Å². The molecular weight excluding hydrogens is 190 g/mol. The second-order valence-corrected chi connectivity index (χ2v) is 4.29. The van der Waals surface area contributed by atoms with E-state index in [1.165, 1.54) is 12.8 Å². The highest BCUT2D eigenvalue weighted by Gasteiger charge is 2.24. The fourth-order valence-corrected chi connectivity index (χ4v) is 1.99. The normalized spacial score (nSPS) is 16.7. The third kappa shape index (κ3) is 3.52. The summed E-state index contributed by atoms with van der Waals surface area (Å²) in [5, 5.41) is 8.73. The topological polar surface area (TPSA) is 47.3 Å². The Hall–Kier alpha value is -1.08. The fourth-order valence-electron chi connectivity index (χ4n) is 1.99. The number of carbonyl (C=O) groups excluding carboxylic acids is 1. The van der Waals surface area contributed by atoms with E-state index in [0.717, 1.165) is 12.8 Å². The quantitative estimate of drug-likeness (QED) is 0.645. The molecule has 0 aromatic carbocycles. The minimum atomic E-state index is 0.0807. The standard InChI is InChI=1S/C11H19N3O/c1-13(2)11(15)9-14(8-7-12)10-5-3-4-6-10/h10H,3-6,8-9H2,1-2H3. The van der Waals surface area contributed by atoms with Crippen molar-refractivity contribution in [3.05, 3.63) is 0 Å². The van der Waals surface area contributed by atoms with Gasteiger partial charge >= 0.3 is 0 Å². The third-order valence-corrected chi connectivity index (χ3v) is 2.95. The third-order valence-electron chi connectivity index (χ3n) is 2.95. The Balaban J connectivity index is 2.50. The number of hydrogen-bond donors (Lipinski definition) is 0.